The molecule has 9 heteroatoms. The molecule has 0 aliphatic carbocycles. The monoisotopic (exact) mass is 350 g/mol. The second-order valence-electron chi connectivity index (χ2n) is 4.92. The molecule has 4 N–H and O–H groups in total. The Hall–Kier alpha value is -2.80. The highest BCUT2D eigenvalue weighted by molar-refractivity contribution is 7.46. The van der Waals surface area contributed by atoms with Crippen LogP contribution >= 0.6 is 7.82 Å². The lowest BCUT2D eigenvalue weighted by Crippen LogP contribution is -2.06. The summed E-state index contributed by atoms with van der Waals surface area (Å²) in [6, 6.07) is 7.77. The van der Waals surface area contributed by atoms with E-state index in [2.05, 4.69) is 4.52 Å². The maximum Gasteiger partial charge on any atom is 0.524 e. The molecule has 0 radical (unpaired) electrons. The first-order valence-corrected chi connectivity index (χ1v) is 8.11. The molecule has 0 atom stereocenters. The Morgan fingerprint density at radius 3 is 2.29 bits per heavy atom. The van der Waals surface area contributed by atoms with E-state index in [4.69, 9.17) is 14.2 Å². The first kappa shape index (κ1) is 16.1. The number of phosphoric acid groups is 1. The minimum absolute atomic E-state index is 0.0133. The predicted octanol–water partition coefficient (Wildman–Crippen LogP) is 2.34. The molecule has 24 heavy (non-hydrogen) atoms. The molecular formula is C15H11O8P. The molecule has 0 saturated heterocycles. The third-order valence-electron chi connectivity index (χ3n) is 3.22. The Bertz CT molecular complexity index is 1020. The Kier molecular flexibility index (Phi) is 3.81. The number of benzene rings is 2. The van der Waals surface area contributed by atoms with Gasteiger partial charge in [0.15, 0.2) is 0 Å². The van der Waals surface area contributed by atoms with Crippen molar-refractivity contribution in [1.82, 2.24) is 0 Å². The van der Waals surface area contributed by atoms with Crippen LogP contribution in [0.3, 0.4) is 0 Å². The zero-order valence-corrected chi connectivity index (χ0v) is 12.8. The summed E-state index contributed by atoms with van der Waals surface area (Å²) in [4.78, 5) is 30.6. The summed E-state index contributed by atoms with van der Waals surface area (Å²) < 4.78 is 20.9. The molecule has 0 unspecified atom stereocenters. The Balaban J connectivity index is 2.29. The van der Waals surface area contributed by atoms with Gasteiger partial charge in [-0.05, 0) is 17.7 Å². The van der Waals surface area contributed by atoms with Crippen LogP contribution in [0.1, 0.15) is 0 Å². The molecule has 0 bridgehead atoms. The summed E-state index contributed by atoms with van der Waals surface area (Å²) in [5, 5.41) is 18.7. The van der Waals surface area contributed by atoms with Crippen LogP contribution in [0.5, 0.6) is 17.2 Å². The second-order valence-corrected chi connectivity index (χ2v) is 6.09. The first-order chi connectivity index (χ1) is 11.2. The largest absolute Gasteiger partial charge is 0.524 e. The lowest BCUT2D eigenvalue weighted by atomic mass is 10.0. The smallest absolute Gasteiger partial charge is 0.508 e. The summed E-state index contributed by atoms with van der Waals surface area (Å²) in [5.41, 5.74) is -0.168. The van der Waals surface area contributed by atoms with Crippen molar-refractivity contribution in [2.75, 3.05) is 0 Å². The summed E-state index contributed by atoms with van der Waals surface area (Å²) in [7, 11) is -4.95. The average molecular weight is 350 g/mol. The number of phosphoric ester groups is 1. The molecule has 0 fully saturated rings. The van der Waals surface area contributed by atoms with E-state index in [0.717, 1.165) is 18.4 Å². The minimum atomic E-state index is -4.95. The minimum Gasteiger partial charge on any atom is -0.508 e. The number of hydrogen-bond donors (Lipinski definition) is 4. The van der Waals surface area contributed by atoms with E-state index in [1.165, 1.54) is 24.3 Å². The summed E-state index contributed by atoms with van der Waals surface area (Å²) in [5.74, 6) is -0.862. The van der Waals surface area contributed by atoms with Crippen LogP contribution in [0.15, 0.2) is 51.9 Å². The molecular weight excluding hydrogens is 339 g/mol. The second kappa shape index (κ2) is 5.68. The van der Waals surface area contributed by atoms with Crippen LogP contribution in [-0.2, 0) is 4.57 Å². The maximum absolute atomic E-state index is 12.7. The molecule has 0 amide bonds. The van der Waals surface area contributed by atoms with E-state index >= 15 is 0 Å². The van der Waals surface area contributed by atoms with Crippen LogP contribution in [-0.4, -0.2) is 20.0 Å². The Morgan fingerprint density at radius 1 is 1.00 bits per heavy atom. The van der Waals surface area contributed by atoms with Gasteiger partial charge in [-0.2, -0.15) is 0 Å². The third kappa shape index (κ3) is 3.11. The van der Waals surface area contributed by atoms with Crippen molar-refractivity contribution in [3.8, 4) is 28.4 Å². The predicted molar refractivity (Wildman–Crippen MR) is 83.9 cm³/mol. The molecule has 8 nitrogen and oxygen atoms in total. The van der Waals surface area contributed by atoms with Crippen molar-refractivity contribution in [1.29, 1.82) is 0 Å². The van der Waals surface area contributed by atoms with E-state index in [0.29, 0.717) is 5.56 Å². The normalized spacial score (nSPS) is 11.6. The number of phenols is 2. The van der Waals surface area contributed by atoms with Gasteiger partial charge >= 0.3 is 7.82 Å². The maximum atomic E-state index is 12.7. The number of rotatable bonds is 3. The molecule has 0 aliphatic rings. The zero-order chi connectivity index (χ0) is 17.5. The van der Waals surface area contributed by atoms with Crippen molar-refractivity contribution in [2.45, 2.75) is 0 Å². The van der Waals surface area contributed by atoms with Crippen LogP contribution in [0.2, 0.25) is 0 Å². The lowest BCUT2D eigenvalue weighted by molar-refractivity contribution is 0.284. The van der Waals surface area contributed by atoms with E-state index in [-0.39, 0.29) is 28.0 Å². The fourth-order valence-electron chi connectivity index (χ4n) is 2.24. The van der Waals surface area contributed by atoms with Gasteiger partial charge in [0, 0.05) is 12.1 Å². The van der Waals surface area contributed by atoms with Crippen molar-refractivity contribution < 1.29 is 33.5 Å². The van der Waals surface area contributed by atoms with Crippen molar-refractivity contribution in [3.63, 3.8) is 0 Å². The molecule has 0 aliphatic heterocycles. The number of fused-ring (bicyclic) bond motifs is 1. The van der Waals surface area contributed by atoms with Gasteiger partial charge in [-0.1, -0.05) is 12.1 Å². The fourth-order valence-corrected chi connectivity index (χ4v) is 2.64. The zero-order valence-electron chi connectivity index (χ0n) is 11.9. The van der Waals surface area contributed by atoms with Gasteiger partial charge in [0.25, 0.3) is 0 Å². The van der Waals surface area contributed by atoms with Gasteiger partial charge in [0.1, 0.15) is 34.5 Å². The molecule has 2 aromatic carbocycles. The van der Waals surface area contributed by atoms with Gasteiger partial charge in [-0.15, -0.1) is 0 Å². The van der Waals surface area contributed by atoms with E-state index in [1.54, 1.807) is 0 Å². The number of phenolic OH excluding ortho intramolecular Hbond substituents is 2. The quantitative estimate of drug-likeness (QED) is 0.528. The lowest BCUT2D eigenvalue weighted by Gasteiger charge is -2.10. The molecule has 1 heterocycles. The Labute approximate surface area is 134 Å². The van der Waals surface area contributed by atoms with Gasteiger partial charge in [0.2, 0.25) is 5.43 Å². The van der Waals surface area contributed by atoms with Gasteiger partial charge in [-0.25, -0.2) is 4.57 Å². The summed E-state index contributed by atoms with van der Waals surface area (Å²) >= 11 is 0. The standard InChI is InChI=1S/C15H11O8P/c16-9-3-1-8(2-4-9)11-7-22-12-5-10(17)6-13(14(12)15(11)18)23-24(19,20)21/h1-7,16-17H,(H2,19,20,21). The van der Waals surface area contributed by atoms with Crippen molar-refractivity contribution in [2.24, 2.45) is 0 Å². The van der Waals surface area contributed by atoms with Crippen LogP contribution in [0, 0.1) is 0 Å². The van der Waals surface area contributed by atoms with E-state index in [9.17, 15) is 19.6 Å². The number of hydrogen-bond acceptors (Lipinski definition) is 6. The van der Waals surface area contributed by atoms with Crippen LogP contribution in [0.4, 0.5) is 0 Å². The van der Waals surface area contributed by atoms with Crippen molar-refractivity contribution >= 4 is 18.8 Å². The SMILES string of the molecule is O=c1c(-c2ccc(O)cc2)coc2cc(O)cc(OP(=O)(O)O)c12. The van der Waals surface area contributed by atoms with Gasteiger partial charge in [-0.3, -0.25) is 14.6 Å². The average Bonchev–Trinajstić information content (AvgIpc) is 2.46. The molecule has 1 aromatic heterocycles. The molecule has 3 aromatic rings. The van der Waals surface area contributed by atoms with Crippen molar-refractivity contribution in [3.05, 3.63) is 52.9 Å². The molecule has 3 rings (SSSR count). The first-order valence-electron chi connectivity index (χ1n) is 6.58. The highest BCUT2D eigenvalue weighted by atomic mass is 31.2. The van der Waals surface area contributed by atoms with Crippen LogP contribution < -0.4 is 9.95 Å². The van der Waals surface area contributed by atoms with E-state index in [1.807, 2.05) is 0 Å². The fraction of sp³-hybridized carbons (Fsp3) is 0. The molecule has 0 spiro atoms. The molecule has 124 valence electrons. The third-order valence-corrected chi connectivity index (χ3v) is 3.66. The highest BCUT2D eigenvalue weighted by Gasteiger charge is 2.22. The highest BCUT2D eigenvalue weighted by Crippen LogP contribution is 2.41. The molecule has 0 saturated carbocycles. The summed E-state index contributed by atoms with van der Waals surface area (Å²) in [6.07, 6.45) is 1.15. The van der Waals surface area contributed by atoms with Gasteiger partial charge in [0.05, 0.1) is 5.56 Å². The Morgan fingerprint density at radius 2 is 1.67 bits per heavy atom. The van der Waals surface area contributed by atoms with E-state index < -0.39 is 19.0 Å². The summed E-state index contributed by atoms with van der Waals surface area (Å²) in [6.45, 7) is 0. The van der Waals surface area contributed by atoms with Gasteiger partial charge < -0.3 is 19.2 Å². The number of aromatic hydroxyl groups is 2. The topological polar surface area (TPSA) is 137 Å². The van der Waals surface area contributed by atoms with Crippen LogP contribution in [0.25, 0.3) is 22.1 Å².